The van der Waals surface area contributed by atoms with E-state index in [-0.39, 0.29) is 0 Å². The standard InChI is InChI=1S/C13H18ClNOS/c1-15-12(8-17-2)7-10-6-11(14)5-9-3-4-16-13(9)10/h5-6,12,15H,3-4,7-8H2,1-2H3. The van der Waals surface area contributed by atoms with E-state index >= 15 is 0 Å². The molecule has 0 spiro atoms. The molecule has 0 bridgehead atoms. The van der Waals surface area contributed by atoms with E-state index in [2.05, 4.69) is 11.6 Å². The number of fused-ring (bicyclic) bond motifs is 1. The van der Waals surface area contributed by atoms with Crippen LogP contribution in [0.1, 0.15) is 11.1 Å². The summed E-state index contributed by atoms with van der Waals surface area (Å²) >= 11 is 8.01. The Morgan fingerprint density at radius 1 is 1.53 bits per heavy atom. The van der Waals surface area contributed by atoms with E-state index < -0.39 is 0 Å². The Morgan fingerprint density at radius 2 is 2.35 bits per heavy atom. The maximum absolute atomic E-state index is 6.15. The van der Waals surface area contributed by atoms with Crippen molar-refractivity contribution in [2.24, 2.45) is 0 Å². The first kappa shape index (κ1) is 13.1. The van der Waals surface area contributed by atoms with Crippen molar-refractivity contribution < 1.29 is 4.74 Å². The highest BCUT2D eigenvalue weighted by Crippen LogP contribution is 2.33. The van der Waals surface area contributed by atoms with Gasteiger partial charge in [0.05, 0.1) is 6.61 Å². The van der Waals surface area contributed by atoms with Crippen LogP contribution in [0.5, 0.6) is 5.75 Å². The lowest BCUT2D eigenvalue weighted by atomic mass is 10.0. The molecule has 4 heteroatoms. The van der Waals surface area contributed by atoms with Crippen molar-refractivity contribution in [3.05, 3.63) is 28.3 Å². The number of hydrogen-bond acceptors (Lipinski definition) is 3. The summed E-state index contributed by atoms with van der Waals surface area (Å²) in [6, 6.07) is 4.53. The Morgan fingerprint density at radius 3 is 3.06 bits per heavy atom. The second-order valence-electron chi connectivity index (χ2n) is 4.30. The summed E-state index contributed by atoms with van der Waals surface area (Å²) in [5.74, 6) is 2.16. The van der Waals surface area contributed by atoms with Crippen molar-refractivity contribution in [1.82, 2.24) is 5.32 Å². The minimum Gasteiger partial charge on any atom is -0.493 e. The molecule has 17 heavy (non-hydrogen) atoms. The van der Waals surface area contributed by atoms with Gasteiger partial charge in [-0.2, -0.15) is 11.8 Å². The van der Waals surface area contributed by atoms with Crippen LogP contribution in [0, 0.1) is 0 Å². The average Bonchev–Trinajstić information content (AvgIpc) is 2.76. The number of benzene rings is 1. The molecular weight excluding hydrogens is 254 g/mol. The summed E-state index contributed by atoms with van der Waals surface area (Å²) in [5.41, 5.74) is 2.49. The van der Waals surface area contributed by atoms with E-state index in [1.165, 1.54) is 11.1 Å². The minimum atomic E-state index is 0.469. The molecule has 2 rings (SSSR count). The van der Waals surface area contributed by atoms with Crippen LogP contribution in [-0.4, -0.2) is 31.7 Å². The van der Waals surface area contributed by atoms with E-state index in [0.717, 1.165) is 36.0 Å². The molecule has 0 aromatic heterocycles. The molecule has 1 aromatic carbocycles. The quantitative estimate of drug-likeness (QED) is 0.890. The lowest BCUT2D eigenvalue weighted by molar-refractivity contribution is 0.352. The van der Waals surface area contributed by atoms with E-state index in [1.54, 1.807) is 0 Å². The summed E-state index contributed by atoms with van der Waals surface area (Å²) in [6.07, 6.45) is 4.08. The smallest absolute Gasteiger partial charge is 0.125 e. The zero-order valence-corrected chi connectivity index (χ0v) is 11.8. The highest BCUT2D eigenvalue weighted by atomic mass is 35.5. The molecule has 2 nitrogen and oxygen atoms in total. The molecule has 1 unspecified atom stereocenters. The molecule has 0 radical (unpaired) electrons. The van der Waals surface area contributed by atoms with Gasteiger partial charge in [0, 0.05) is 23.2 Å². The van der Waals surface area contributed by atoms with Crippen molar-refractivity contribution in [3.63, 3.8) is 0 Å². The first-order valence-corrected chi connectivity index (χ1v) is 7.62. The van der Waals surface area contributed by atoms with Gasteiger partial charge in [0.15, 0.2) is 0 Å². The Bertz CT molecular complexity index is 397. The number of rotatable bonds is 5. The number of halogens is 1. The number of hydrogen-bond donors (Lipinski definition) is 1. The molecule has 1 aliphatic rings. The molecule has 0 amide bonds. The van der Waals surface area contributed by atoms with Crippen molar-refractivity contribution in [3.8, 4) is 5.75 Å². The molecule has 1 aliphatic heterocycles. The second-order valence-corrected chi connectivity index (χ2v) is 5.64. The maximum Gasteiger partial charge on any atom is 0.125 e. The van der Waals surface area contributed by atoms with E-state index in [0.29, 0.717) is 6.04 Å². The van der Waals surface area contributed by atoms with Crippen molar-refractivity contribution in [2.45, 2.75) is 18.9 Å². The molecule has 0 aliphatic carbocycles. The first-order chi connectivity index (χ1) is 8.24. The Kier molecular flexibility index (Phi) is 4.60. The third-order valence-electron chi connectivity index (χ3n) is 3.07. The Labute approximate surface area is 112 Å². The fraction of sp³-hybridized carbons (Fsp3) is 0.538. The van der Waals surface area contributed by atoms with Crippen molar-refractivity contribution >= 4 is 23.4 Å². The van der Waals surface area contributed by atoms with E-state index in [4.69, 9.17) is 16.3 Å². The third-order valence-corrected chi connectivity index (χ3v) is 4.02. The molecule has 1 N–H and O–H groups in total. The predicted octanol–water partition coefficient (Wildman–Crippen LogP) is 2.77. The fourth-order valence-electron chi connectivity index (χ4n) is 2.21. The van der Waals surface area contributed by atoms with Gasteiger partial charge >= 0.3 is 0 Å². The zero-order valence-electron chi connectivity index (χ0n) is 10.3. The van der Waals surface area contributed by atoms with Crippen LogP contribution in [0.2, 0.25) is 5.02 Å². The topological polar surface area (TPSA) is 21.3 Å². The summed E-state index contributed by atoms with van der Waals surface area (Å²) in [6.45, 7) is 0.787. The minimum absolute atomic E-state index is 0.469. The molecular formula is C13H18ClNOS. The van der Waals surface area contributed by atoms with Crippen LogP contribution in [-0.2, 0) is 12.8 Å². The largest absolute Gasteiger partial charge is 0.493 e. The van der Waals surface area contributed by atoms with Crippen LogP contribution in [0.15, 0.2) is 12.1 Å². The maximum atomic E-state index is 6.15. The highest BCUT2D eigenvalue weighted by Gasteiger charge is 2.19. The molecule has 0 saturated carbocycles. The summed E-state index contributed by atoms with van der Waals surface area (Å²) < 4.78 is 5.71. The van der Waals surface area contributed by atoms with Crippen LogP contribution >= 0.6 is 23.4 Å². The lowest BCUT2D eigenvalue weighted by Crippen LogP contribution is -2.30. The predicted molar refractivity (Wildman–Crippen MR) is 75.6 cm³/mol. The van der Waals surface area contributed by atoms with Gasteiger partial charge in [-0.1, -0.05) is 11.6 Å². The molecule has 0 saturated heterocycles. The van der Waals surface area contributed by atoms with Crippen LogP contribution in [0.4, 0.5) is 0 Å². The van der Waals surface area contributed by atoms with Crippen LogP contribution < -0.4 is 10.1 Å². The van der Waals surface area contributed by atoms with Gasteiger partial charge in [-0.05, 0) is 43.0 Å². The second kappa shape index (κ2) is 5.98. The monoisotopic (exact) mass is 271 g/mol. The van der Waals surface area contributed by atoms with Gasteiger partial charge in [0.1, 0.15) is 5.75 Å². The molecule has 1 aromatic rings. The van der Waals surface area contributed by atoms with Gasteiger partial charge in [-0.3, -0.25) is 0 Å². The highest BCUT2D eigenvalue weighted by molar-refractivity contribution is 7.98. The van der Waals surface area contributed by atoms with Gasteiger partial charge in [0.25, 0.3) is 0 Å². The first-order valence-electron chi connectivity index (χ1n) is 5.85. The Balaban J connectivity index is 2.20. The average molecular weight is 272 g/mol. The summed E-state index contributed by atoms with van der Waals surface area (Å²) in [7, 11) is 2.01. The number of ether oxygens (including phenoxy) is 1. The van der Waals surface area contributed by atoms with Gasteiger partial charge < -0.3 is 10.1 Å². The molecule has 1 atom stereocenters. The van der Waals surface area contributed by atoms with Crippen LogP contribution in [0.3, 0.4) is 0 Å². The number of likely N-dealkylation sites (N-methyl/N-ethyl adjacent to an activating group) is 1. The third kappa shape index (κ3) is 3.09. The SMILES string of the molecule is CNC(CSC)Cc1cc(Cl)cc2c1OCC2. The summed E-state index contributed by atoms with van der Waals surface area (Å²) in [5, 5.41) is 4.17. The van der Waals surface area contributed by atoms with E-state index in [9.17, 15) is 0 Å². The Hall–Kier alpha value is -0.380. The van der Waals surface area contributed by atoms with Crippen LogP contribution in [0.25, 0.3) is 0 Å². The van der Waals surface area contributed by atoms with Crippen molar-refractivity contribution in [2.75, 3.05) is 25.7 Å². The van der Waals surface area contributed by atoms with Crippen molar-refractivity contribution in [1.29, 1.82) is 0 Å². The number of thioether (sulfide) groups is 1. The normalized spacial score (nSPS) is 15.5. The van der Waals surface area contributed by atoms with Gasteiger partial charge in [-0.25, -0.2) is 0 Å². The van der Waals surface area contributed by atoms with Gasteiger partial charge in [0.2, 0.25) is 0 Å². The molecule has 94 valence electrons. The number of nitrogens with one attached hydrogen (secondary N) is 1. The zero-order chi connectivity index (χ0) is 12.3. The van der Waals surface area contributed by atoms with E-state index in [1.807, 2.05) is 30.9 Å². The molecule has 0 fully saturated rings. The lowest BCUT2D eigenvalue weighted by Gasteiger charge is -2.17. The summed E-state index contributed by atoms with van der Waals surface area (Å²) in [4.78, 5) is 0. The fourth-order valence-corrected chi connectivity index (χ4v) is 3.16. The van der Waals surface area contributed by atoms with Gasteiger partial charge in [-0.15, -0.1) is 0 Å². The molecule has 1 heterocycles.